The maximum absolute atomic E-state index is 14.4. The molecule has 2 fully saturated rings. The van der Waals surface area contributed by atoms with Crippen LogP contribution in [0.2, 0.25) is 0 Å². The van der Waals surface area contributed by atoms with Crippen LogP contribution >= 0.6 is 0 Å². The van der Waals surface area contributed by atoms with Crippen LogP contribution in [0.4, 0.5) is 13.2 Å². The lowest BCUT2D eigenvalue weighted by molar-refractivity contribution is 0.00964. The highest BCUT2D eigenvalue weighted by Gasteiger charge is 2.39. The van der Waals surface area contributed by atoms with Crippen LogP contribution in [0.5, 0.6) is 5.75 Å². The minimum atomic E-state index is -1.46. The van der Waals surface area contributed by atoms with E-state index >= 15 is 0 Å². The number of halogens is 3. The van der Waals surface area contributed by atoms with Crippen molar-refractivity contribution in [1.82, 2.24) is 14.8 Å². The molecule has 32 heavy (non-hydrogen) atoms. The fraction of sp³-hybridized carbons (Fsp3) is 0.500. The van der Waals surface area contributed by atoms with E-state index < -0.39 is 34.7 Å². The lowest BCUT2D eigenvalue weighted by atomic mass is 9.86. The second kappa shape index (κ2) is 8.73. The Balaban J connectivity index is 1.57. The lowest BCUT2D eigenvalue weighted by Crippen LogP contribution is -2.57. The molecule has 0 bridgehead atoms. The van der Waals surface area contributed by atoms with Crippen molar-refractivity contribution in [2.24, 2.45) is 0 Å². The molecule has 0 saturated carbocycles. The van der Waals surface area contributed by atoms with Gasteiger partial charge in [-0.1, -0.05) is 6.07 Å². The molecule has 1 aromatic carbocycles. The summed E-state index contributed by atoms with van der Waals surface area (Å²) in [6, 6.07) is 4.38. The number of amides is 1. The average molecular weight is 448 g/mol. The van der Waals surface area contributed by atoms with Crippen molar-refractivity contribution in [3.63, 3.8) is 0 Å². The fourth-order valence-corrected chi connectivity index (χ4v) is 5.12. The number of piperidine rings is 1. The second-order valence-corrected chi connectivity index (χ2v) is 8.69. The molecule has 2 unspecified atom stereocenters. The summed E-state index contributed by atoms with van der Waals surface area (Å²) in [6.07, 6.45) is 2.88. The Morgan fingerprint density at radius 1 is 1.06 bits per heavy atom. The molecule has 0 spiro atoms. The molecule has 5 nitrogen and oxygen atoms in total. The molecule has 1 amide bonds. The standard InChI is InChI=1S/C24H28F3N3O2/c1-13-14(2)19(32-4)9-8-17(13)18-7-5-6-16-12-29(10-11-30(16)18)24(31)20-22(26)21(25)15(3)28-23(20)27/h8-9,16,18H,5-7,10-12H2,1-4H3. The highest BCUT2D eigenvalue weighted by Crippen LogP contribution is 2.39. The Bertz CT molecular complexity index is 1060. The predicted octanol–water partition coefficient (Wildman–Crippen LogP) is 4.48. The van der Waals surface area contributed by atoms with Crippen LogP contribution in [0.15, 0.2) is 12.1 Å². The summed E-state index contributed by atoms with van der Waals surface area (Å²) in [5.41, 5.74) is 2.24. The van der Waals surface area contributed by atoms with E-state index in [1.165, 1.54) is 23.0 Å². The maximum atomic E-state index is 14.4. The molecule has 1 aromatic heterocycles. The summed E-state index contributed by atoms with van der Waals surface area (Å²) >= 11 is 0. The van der Waals surface area contributed by atoms with Crippen LogP contribution in [0.25, 0.3) is 0 Å². The minimum absolute atomic E-state index is 0.0719. The van der Waals surface area contributed by atoms with Crippen LogP contribution < -0.4 is 4.74 Å². The van der Waals surface area contributed by atoms with Crippen LogP contribution in [-0.4, -0.2) is 53.5 Å². The molecular weight excluding hydrogens is 419 g/mol. The summed E-state index contributed by atoms with van der Waals surface area (Å²) in [6.45, 7) is 6.55. The number of ether oxygens (including phenoxy) is 1. The largest absolute Gasteiger partial charge is 0.496 e. The maximum Gasteiger partial charge on any atom is 0.261 e. The molecule has 2 aromatic rings. The van der Waals surface area contributed by atoms with Gasteiger partial charge in [0, 0.05) is 31.7 Å². The number of hydrogen-bond donors (Lipinski definition) is 0. The molecule has 3 heterocycles. The number of benzene rings is 1. The third-order valence-corrected chi connectivity index (χ3v) is 7.00. The molecule has 0 radical (unpaired) electrons. The topological polar surface area (TPSA) is 45.7 Å². The van der Waals surface area contributed by atoms with Crippen LogP contribution in [0.3, 0.4) is 0 Å². The molecule has 2 aliphatic rings. The Labute approximate surface area is 186 Å². The first-order valence-corrected chi connectivity index (χ1v) is 10.9. The van der Waals surface area contributed by atoms with Gasteiger partial charge in [-0.25, -0.2) is 13.8 Å². The normalized spacial score (nSPS) is 21.4. The molecule has 2 aliphatic heterocycles. The van der Waals surface area contributed by atoms with Crippen molar-refractivity contribution in [2.75, 3.05) is 26.7 Å². The number of pyridine rings is 1. The fourth-order valence-electron chi connectivity index (χ4n) is 5.12. The number of aromatic nitrogens is 1. The number of hydrogen-bond acceptors (Lipinski definition) is 4. The van der Waals surface area contributed by atoms with Gasteiger partial charge in [-0.3, -0.25) is 9.69 Å². The Kier molecular flexibility index (Phi) is 6.16. The minimum Gasteiger partial charge on any atom is -0.496 e. The van der Waals surface area contributed by atoms with E-state index in [1.807, 2.05) is 13.0 Å². The van der Waals surface area contributed by atoms with Crippen molar-refractivity contribution in [2.45, 2.75) is 52.1 Å². The van der Waals surface area contributed by atoms with Crippen molar-refractivity contribution < 1.29 is 22.7 Å². The van der Waals surface area contributed by atoms with Gasteiger partial charge in [0.2, 0.25) is 5.95 Å². The Morgan fingerprint density at radius 2 is 1.81 bits per heavy atom. The summed E-state index contributed by atoms with van der Waals surface area (Å²) in [7, 11) is 1.66. The quantitative estimate of drug-likeness (QED) is 0.651. The molecule has 172 valence electrons. The zero-order chi connectivity index (χ0) is 23.2. The Morgan fingerprint density at radius 3 is 2.53 bits per heavy atom. The zero-order valence-electron chi connectivity index (χ0n) is 18.8. The second-order valence-electron chi connectivity index (χ2n) is 8.69. The molecule has 4 rings (SSSR count). The average Bonchev–Trinajstić information content (AvgIpc) is 2.78. The highest BCUT2D eigenvalue weighted by atomic mass is 19.2. The third kappa shape index (κ3) is 3.74. The number of fused-ring (bicyclic) bond motifs is 1. The zero-order valence-corrected chi connectivity index (χ0v) is 18.8. The van der Waals surface area contributed by atoms with Crippen molar-refractivity contribution in [3.8, 4) is 5.75 Å². The number of carbonyl (C=O) groups excluding carboxylic acids is 1. The third-order valence-electron chi connectivity index (χ3n) is 7.00. The van der Waals surface area contributed by atoms with Gasteiger partial charge in [-0.2, -0.15) is 4.39 Å². The van der Waals surface area contributed by atoms with E-state index in [9.17, 15) is 18.0 Å². The molecule has 8 heteroatoms. The number of carbonyl (C=O) groups is 1. The molecule has 2 saturated heterocycles. The van der Waals surface area contributed by atoms with Crippen molar-refractivity contribution in [1.29, 1.82) is 0 Å². The van der Waals surface area contributed by atoms with E-state index in [0.717, 1.165) is 30.6 Å². The summed E-state index contributed by atoms with van der Waals surface area (Å²) in [5.74, 6) is -3.99. The van der Waals surface area contributed by atoms with Gasteiger partial charge in [-0.15, -0.1) is 0 Å². The number of nitrogens with zero attached hydrogens (tertiary/aromatic N) is 3. The first kappa shape index (κ1) is 22.6. The van der Waals surface area contributed by atoms with Crippen LogP contribution in [-0.2, 0) is 0 Å². The number of aryl methyl sites for hydroxylation is 1. The van der Waals surface area contributed by atoms with Crippen LogP contribution in [0.1, 0.15) is 58.0 Å². The summed E-state index contributed by atoms with van der Waals surface area (Å²) in [4.78, 5) is 20.1. The first-order chi connectivity index (χ1) is 15.2. The van der Waals surface area contributed by atoms with Gasteiger partial charge in [0.1, 0.15) is 11.3 Å². The number of methoxy groups -OCH3 is 1. The van der Waals surface area contributed by atoms with Crippen LogP contribution in [0, 0.1) is 38.4 Å². The monoisotopic (exact) mass is 447 g/mol. The number of piperazine rings is 1. The van der Waals surface area contributed by atoms with E-state index in [0.29, 0.717) is 19.6 Å². The molecule has 0 N–H and O–H groups in total. The predicted molar refractivity (Wildman–Crippen MR) is 114 cm³/mol. The van der Waals surface area contributed by atoms with E-state index in [1.54, 1.807) is 7.11 Å². The van der Waals surface area contributed by atoms with Gasteiger partial charge in [0.25, 0.3) is 5.91 Å². The number of rotatable bonds is 3. The highest BCUT2D eigenvalue weighted by molar-refractivity contribution is 5.94. The molecular formula is C24H28F3N3O2. The SMILES string of the molecule is COc1ccc(C2CCCC3CN(C(=O)c4c(F)nc(C)c(F)c4F)CCN32)c(C)c1C. The van der Waals surface area contributed by atoms with Gasteiger partial charge in [0.15, 0.2) is 11.6 Å². The first-order valence-electron chi connectivity index (χ1n) is 10.9. The molecule has 0 aliphatic carbocycles. The summed E-state index contributed by atoms with van der Waals surface area (Å²) < 4.78 is 48.0. The van der Waals surface area contributed by atoms with Crippen molar-refractivity contribution in [3.05, 3.63) is 57.7 Å². The van der Waals surface area contributed by atoms with Crippen molar-refractivity contribution >= 4 is 5.91 Å². The van der Waals surface area contributed by atoms with E-state index in [-0.39, 0.29) is 12.1 Å². The van der Waals surface area contributed by atoms with Gasteiger partial charge < -0.3 is 9.64 Å². The van der Waals surface area contributed by atoms with E-state index in [4.69, 9.17) is 4.74 Å². The summed E-state index contributed by atoms with van der Waals surface area (Å²) in [5, 5.41) is 0. The van der Waals surface area contributed by atoms with Gasteiger partial charge in [-0.05, 0) is 62.8 Å². The Hall–Kier alpha value is -2.61. The van der Waals surface area contributed by atoms with E-state index in [2.05, 4.69) is 22.9 Å². The molecule has 2 atom stereocenters. The lowest BCUT2D eigenvalue weighted by Gasteiger charge is -2.48. The smallest absolute Gasteiger partial charge is 0.261 e. The van der Waals surface area contributed by atoms with Gasteiger partial charge in [0.05, 0.1) is 12.8 Å². The van der Waals surface area contributed by atoms with Gasteiger partial charge >= 0.3 is 0 Å².